The maximum absolute atomic E-state index is 11.9. The van der Waals surface area contributed by atoms with Crippen LogP contribution in [-0.2, 0) is 11.2 Å². The Bertz CT molecular complexity index is 496. The van der Waals surface area contributed by atoms with Crippen LogP contribution in [0.5, 0.6) is 0 Å². The van der Waals surface area contributed by atoms with E-state index >= 15 is 0 Å². The highest BCUT2D eigenvalue weighted by Crippen LogP contribution is 2.11. The fourth-order valence-electron chi connectivity index (χ4n) is 2.56. The van der Waals surface area contributed by atoms with Crippen molar-refractivity contribution in [2.45, 2.75) is 25.7 Å². The molecule has 6 heteroatoms. The summed E-state index contributed by atoms with van der Waals surface area (Å²) in [5.74, 6) is 0.0344. The van der Waals surface area contributed by atoms with Gasteiger partial charge in [0.15, 0.2) is 0 Å². The summed E-state index contributed by atoms with van der Waals surface area (Å²) >= 11 is 0. The van der Waals surface area contributed by atoms with Crippen LogP contribution in [0.3, 0.4) is 0 Å². The van der Waals surface area contributed by atoms with Gasteiger partial charge in [-0.1, -0.05) is 12.1 Å². The van der Waals surface area contributed by atoms with Gasteiger partial charge in [-0.3, -0.25) is 4.79 Å². The molecule has 0 radical (unpaired) electrons. The Labute approximate surface area is 130 Å². The second kappa shape index (κ2) is 8.38. The first-order chi connectivity index (χ1) is 10.6. The summed E-state index contributed by atoms with van der Waals surface area (Å²) in [4.78, 5) is 24.6. The fraction of sp³-hybridized carbons (Fsp3) is 0.500. The van der Waals surface area contributed by atoms with Gasteiger partial charge in [0.2, 0.25) is 5.91 Å². The number of likely N-dealkylation sites (tertiary alicyclic amines) is 1. The zero-order valence-corrected chi connectivity index (χ0v) is 12.7. The van der Waals surface area contributed by atoms with E-state index in [9.17, 15) is 9.59 Å². The van der Waals surface area contributed by atoms with E-state index in [1.807, 2.05) is 24.3 Å². The summed E-state index contributed by atoms with van der Waals surface area (Å²) in [5.41, 5.74) is 1.81. The Kier molecular flexibility index (Phi) is 6.21. The molecule has 120 valence electrons. The zero-order valence-electron chi connectivity index (χ0n) is 12.7. The molecule has 6 nitrogen and oxygen atoms in total. The molecule has 1 aliphatic heterocycles. The largest absolute Gasteiger partial charge is 0.465 e. The fourth-order valence-corrected chi connectivity index (χ4v) is 2.56. The average molecular weight is 305 g/mol. The lowest BCUT2D eigenvalue weighted by Gasteiger charge is -2.14. The van der Waals surface area contributed by atoms with Gasteiger partial charge >= 0.3 is 6.09 Å². The van der Waals surface area contributed by atoms with Crippen LogP contribution in [0.2, 0.25) is 0 Å². The zero-order chi connectivity index (χ0) is 15.8. The number of carbonyl (C=O) groups excluding carboxylic acids is 1. The molecule has 3 N–H and O–H groups in total. The van der Waals surface area contributed by atoms with Crippen LogP contribution in [0.1, 0.15) is 24.8 Å². The first-order valence-corrected chi connectivity index (χ1v) is 7.71. The Morgan fingerprint density at radius 1 is 1.14 bits per heavy atom. The number of benzene rings is 1. The van der Waals surface area contributed by atoms with Crippen molar-refractivity contribution in [3.63, 3.8) is 0 Å². The molecule has 0 atom stereocenters. The molecule has 1 aliphatic rings. The molecule has 1 fully saturated rings. The van der Waals surface area contributed by atoms with Crippen LogP contribution in [0, 0.1) is 0 Å². The number of nitrogens with one attached hydrogen (secondary N) is 2. The Morgan fingerprint density at radius 2 is 1.82 bits per heavy atom. The smallest absolute Gasteiger partial charge is 0.404 e. The van der Waals surface area contributed by atoms with Gasteiger partial charge < -0.3 is 20.6 Å². The van der Waals surface area contributed by atoms with Gasteiger partial charge in [-0.25, -0.2) is 4.79 Å². The minimum absolute atomic E-state index is 0.0344. The van der Waals surface area contributed by atoms with Gasteiger partial charge in [-0.15, -0.1) is 0 Å². The van der Waals surface area contributed by atoms with E-state index in [0.29, 0.717) is 19.4 Å². The van der Waals surface area contributed by atoms with E-state index in [4.69, 9.17) is 5.11 Å². The molecular weight excluding hydrogens is 282 g/mol. The molecule has 1 heterocycles. The number of anilines is 1. The number of nitrogens with zero attached hydrogens (tertiary/aromatic N) is 1. The normalized spacial score (nSPS) is 14.7. The van der Waals surface area contributed by atoms with E-state index < -0.39 is 6.09 Å². The van der Waals surface area contributed by atoms with Crippen LogP contribution in [-0.4, -0.2) is 48.2 Å². The molecule has 0 aliphatic carbocycles. The minimum Gasteiger partial charge on any atom is -0.465 e. The van der Waals surface area contributed by atoms with Crippen LogP contribution < -0.4 is 10.6 Å². The highest BCUT2D eigenvalue weighted by Gasteiger charge is 2.12. The Morgan fingerprint density at radius 3 is 2.45 bits per heavy atom. The number of carbonyl (C=O) groups is 2. The lowest BCUT2D eigenvalue weighted by Crippen LogP contribution is -2.25. The van der Waals surface area contributed by atoms with Crippen molar-refractivity contribution in [2.24, 2.45) is 0 Å². The summed E-state index contributed by atoms with van der Waals surface area (Å²) in [6, 6.07) is 7.51. The molecule has 0 spiro atoms. The van der Waals surface area contributed by atoms with E-state index in [1.54, 1.807) is 0 Å². The van der Waals surface area contributed by atoms with Gasteiger partial charge in [0.1, 0.15) is 0 Å². The van der Waals surface area contributed by atoms with Gasteiger partial charge in [-0.2, -0.15) is 0 Å². The molecule has 0 saturated carbocycles. The predicted molar refractivity (Wildman–Crippen MR) is 85.1 cm³/mol. The average Bonchev–Trinajstić information content (AvgIpc) is 3.00. The summed E-state index contributed by atoms with van der Waals surface area (Å²) in [5, 5.41) is 13.7. The highest BCUT2D eigenvalue weighted by molar-refractivity contribution is 5.90. The molecule has 0 unspecified atom stereocenters. The van der Waals surface area contributed by atoms with Crippen molar-refractivity contribution < 1.29 is 14.7 Å². The van der Waals surface area contributed by atoms with Crippen molar-refractivity contribution in [3.8, 4) is 0 Å². The maximum atomic E-state index is 11.9. The molecule has 0 bridgehead atoms. The molecule has 0 aromatic heterocycles. The number of rotatable bonds is 7. The van der Waals surface area contributed by atoms with Crippen molar-refractivity contribution >= 4 is 17.7 Å². The third kappa shape index (κ3) is 5.73. The van der Waals surface area contributed by atoms with Gasteiger partial charge in [-0.05, 0) is 50.0 Å². The molecule has 1 aromatic carbocycles. The maximum Gasteiger partial charge on any atom is 0.404 e. The van der Waals surface area contributed by atoms with Crippen LogP contribution in [0.25, 0.3) is 0 Å². The summed E-state index contributed by atoms with van der Waals surface area (Å²) in [7, 11) is 0. The highest BCUT2D eigenvalue weighted by atomic mass is 16.4. The number of amides is 2. The first-order valence-electron chi connectivity index (χ1n) is 7.71. The molecular formula is C16H23N3O3. The van der Waals surface area contributed by atoms with Crippen LogP contribution >= 0.6 is 0 Å². The Balaban J connectivity index is 1.70. The van der Waals surface area contributed by atoms with Crippen molar-refractivity contribution in [1.29, 1.82) is 0 Å². The standard InChI is InChI=1S/C16H23N3O3/c20-15(8-12-19-10-1-2-11-19)18-14-5-3-13(4-6-14)7-9-17-16(21)22/h3-6,17H,1-2,7-12H2,(H,18,20)(H,21,22). The van der Waals surface area contributed by atoms with E-state index in [0.717, 1.165) is 30.9 Å². The van der Waals surface area contributed by atoms with Crippen molar-refractivity contribution in [1.82, 2.24) is 10.2 Å². The van der Waals surface area contributed by atoms with Gasteiger partial charge in [0.25, 0.3) is 0 Å². The molecule has 1 aromatic rings. The number of hydrogen-bond donors (Lipinski definition) is 3. The van der Waals surface area contributed by atoms with Gasteiger partial charge in [0, 0.05) is 25.2 Å². The SMILES string of the molecule is O=C(O)NCCc1ccc(NC(=O)CCN2CCCC2)cc1. The van der Waals surface area contributed by atoms with Crippen LogP contribution in [0.15, 0.2) is 24.3 Å². The molecule has 2 amide bonds. The third-order valence-corrected chi connectivity index (χ3v) is 3.78. The number of carboxylic acid groups (broad SMARTS) is 1. The minimum atomic E-state index is -1.01. The third-order valence-electron chi connectivity index (χ3n) is 3.78. The lowest BCUT2D eigenvalue weighted by atomic mass is 10.1. The van der Waals surface area contributed by atoms with Crippen molar-refractivity contribution in [2.75, 3.05) is 31.5 Å². The number of hydrogen-bond acceptors (Lipinski definition) is 3. The molecule has 1 saturated heterocycles. The summed E-state index contributed by atoms with van der Waals surface area (Å²) in [6.45, 7) is 3.42. The van der Waals surface area contributed by atoms with E-state index in [2.05, 4.69) is 15.5 Å². The topological polar surface area (TPSA) is 81.7 Å². The monoisotopic (exact) mass is 305 g/mol. The first kappa shape index (κ1) is 16.3. The quantitative estimate of drug-likeness (QED) is 0.719. The van der Waals surface area contributed by atoms with Gasteiger partial charge in [0.05, 0.1) is 0 Å². The van der Waals surface area contributed by atoms with E-state index in [1.165, 1.54) is 12.8 Å². The van der Waals surface area contributed by atoms with Crippen molar-refractivity contribution in [3.05, 3.63) is 29.8 Å². The predicted octanol–water partition coefficient (Wildman–Crippen LogP) is 1.92. The molecule has 2 rings (SSSR count). The Hall–Kier alpha value is -2.08. The lowest BCUT2D eigenvalue weighted by molar-refractivity contribution is -0.116. The van der Waals surface area contributed by atoms with Crippen LogP contribution in [0.4, 0.5) is 10.5 Å². The second-order valence-electron chi connectivity index (χ2n) is 5.53. The second-order valence-corrected chi connectivity index (χ2v) is 5.53. The molecule has 22 heavy (non-hydrogen) atoms. The van der Waals surface area contributed by atoms with E-state index in [-0.39, 0.29) is 5.91 Å². The summed E-state index contributed by atoms with van der Waals surface area (Å²) in [6.07, 6.45) is 2.61. The summed E-state index contributed by atoms with van der Waals surface area (Å²) < 4.78 is 0.